The second kappa shape index (κ2) is 7.34. The van der Waals surface area contributed by atoms with Gasteiger partial charge in [0.2, 0.25) is 11.9 Å². The normalized spacial score (nSPS) is 12.9. The third kappa shape index (κ3) is 3.09. The second-order valence-electron chi connectivity index (χ2n) is 7.70. The molecule has 5 nitrogen and oxygen atoms in total. The molecule has 5 heteroatoms. The summed E-state index contributed by atoms with van der Waals surface area (Å²) in [4.78, 5) is 4.60. The van der Waals surface area contributed by atoms with Crippen LogP contribution < -0.4 is 4.74 Å². The monoisotopic (exact) mass is 416 g/mol. The molecule has 1 aliphatic rings. The van der Waals surface area contributed by atoms with Gasteiger partial charge >= 0.3 is 6.01 Å². The zero-order valence-corrected chi connectivity index (χ0v) is 17.5. The molecule has 0 amide bonds. The molecule has 0 fully saturated rings. The fraction of sp³-hybridized carbons (Fsp3) is 0.0370. The van der Waals surface area contributed by atoms with Crippen molar-refractivity contribution in [3.05, 3.63) is 104 Å². The first kappa shape index (κ1) is 18.3. The molecule has 0 atom stereocenters. The van der Waals surface area contributed by atoms with Crippen molar-refractivity contribution in [2.24, 2.45) is 0 Å². The minimum absolute atomic E-state index is 0.770. The highest BCUT2D eigenvalue weighted by Gasteiger charge is 2.17. The summed E-state index contributed by atoms with van der Waals surface area (Å²) in [6.07, 6.45) is 5.74. The standard InChI is InChI=1S/C27H20N4O/c1-29-15-16-30(19-29)20-7-6-8-21(17-20)32-22-12-13-24-23-9-2-3-10-25(23)31(26(24)18-22)27-11-4-5-14-28-27/h2-18H,1H3/q+2. The van der Waals surface area contributed by atoms with Crippen LogP contribution in [0.25, 0.3) is 27.6 Å². The fourth-order valence-corrected chi connectivity index (χ4v) is 4.13. The Balaban J connectivity index is 1.46. The van der Waals surface area contributed by atoms with Crippen LogP contribution in [-0.2, 0) is 0 Å². The molecule has 152 valence electrons. The summed E-state index contributed by atoms with van der Waals surface area (Å²) in [5.74, 6) is 2.43. The summed E-state index contributed by atoms with van der Waals surface area (Å²) in [5, 5.41) is 2.36. The van der Waals surface area contributed by atoms with Gasteiger partial charge in [-0.25, -0.2) is 4.98 Å². The molecule has 0 saturated heterocycles. The van der Waals surface area contributed by atoms with Crippen LogP contribution >= 0.6 is 0 Å². The third-order valence-corrected chi connectivity index (χ3v) is 5.56. The van der Waals surface area contributed by atoms with Gasteiger partial charge in [0.1, 0.15) is 17.3 Å². The van der Waals surface area contributed by atoms with E-state index in [0.717, 1.165) is 34.0 Å². The number of fused-ring (bicyclic) bond motifs is 3. The number of para-hydroxylation sites is 1. The van der Waals surface area contributed by atoms with Gasteiger partial charge in [0, 0.05) is 29.1 Å². The van der Waals surface area contributed by atoms with Gasteiger partial charge in [-0.15, -0.1) is 0 Å². The average molecular weight is 416 g/mol. The van der Waals surface area contributed by atoms with Crippen molar-refractivity contribution in [2.45, 2.75) is 0 Å². The van der Waals surface area contributed by atoms with Gasteiger partial charge in [-0.3, -0.25) is 4.57 Å². The smallest absolute Gasteiger partial charge is 0.457 e. The quantitative estimate of drug-likeness (QED) is 0.341. The van der Waals surface area contributed by atoms with Crippen molar-refractivity contribution < 1.29 is 13.9 Å². The highest BCUT2D eigenvalue weighted by Crippen LogP contribution is 2.35. The highest BCUT2D eigenvalue weighted by atomic mass is 16.5. The average Bonchev–Trinajstić information content (AvgIpc) is 3.41. The van der Waals surface area contributed by atoms with Crippen LogP contribution in [-0.4, -0.2) is 31.8 Å². The van der Waals surface area contributed by atoms with Gasteiger partial charge in [0.05, 0.1) is 17.1 Å². The summed E-state index contributed by atoms with van der Waals surface area (Å²) in [7, 11) is 1.95. The Bertz CT molecular complexity index is 1590. The number of benzene rings is 3. The predicted molar refractivity (Wildman–Crippen MR) is 125 cm³/mol. The van der Waals surface area contributed by atoms with Crippen LogP contribution in [0.3, 0.4) is 0 Å². The lowest BCUT2D eigenvalue weighted by Gasteiger charge is -2.09. The lowest BCUT2D eigenvalue weighted by Crippen LogP contribution is -1.96. The number of pyridine rings is 1. The Hall–Kier alpha value is -4.47. The molecular formula is C27H20N4O+2. The van der Waals surface area contributed by atoms with Crippen molar-refractivity contribution in [1.29, 1.82) is 0 Å². The maximum atomic E-state index is 6.27. The number of nitrogens with zero attached hydrogens (tertiary/aromatic N) is 4. The summed E-state index contributed by atoms with van der Waals surface area (Å²) < 4.78 is 12.3. The molecule has 0 saturated carbocycles. The Morgan fingerprint density at radius 1 is 0.781 bits per heavy atom. The minimum Gasteiger partial charge on any atom is -0.457 e. The lowest BCUT2D eigenvalue weighted by atomic mass is 10.1. The predicted octanol–water partition coefficient (Wildman–Crippen LogP) is 5.92. The van der Waals surface area contributed by atoms with Crippen LogP contribution in [0, 0.1) is 0 Å². The molecule has 0 bridgehead atoms. The topological polar surface area (TPSA) is 33.1 Å². The van der Waals surface area contributed by atoms with E-state index in [4.69, 9.17) is 4.74 Å². The van der Waals surface area contributed by atoms with E-state index in [1.807, 2.05) is 83.3 Å². The van der Waals surface area contributed by atoms with Crippen LogP contribution in [0.4, 0.5) is 5.69 Å². The third-order valence-electron chi connectivity index (χ3n) is 5.56. The van der Waals surface area contributed by atoms with E-state index in [1.165, 1.54) is 10.8 Å². The van der Waals surface area contributed by atoms with Crippen LogP contribution in [0.5, 0.6) is 11.5 Å². The van der Waals surface area contributed by atoms with Crippen LogP contribution in [0.2, 0.25) is 0 Å². The lowest BCUT2D eigenvalue weighted by molar-refractivity contribution is -0.429. The first-order valence-corrected chi connectivity index (χ1v) is 10.5. The zero-order chi connectivity index (χ0) is 21.5. The van der Waals surface area contributed by atoms with E-state index in [0.29, 0.717) is 0 Å². The van der Waals surface area contributed by atoms with E-state index in [2.05, 4.69) is 52.0 Å². The number of rotatable bonds is 4. The fourth-order valence-electron chi connectivity index (χ4n) is 4.13. The van der Waals surface area contributed by atoms with E-state index in [-0.39, 0.29) is 0 Å². The number of hydrogen-bond acceptors (Lipinski definition) is 2. The number of ether oxygens (including phenoxy) is 1. The van der Waals surface area contributed by atoms with Crippen LogP contribution in [0.15, 0.2) is 104 Å². The molecule has 32 heavy (non-hydrogen) atoms. The Morgan fingerprint density at radius 3 is 2.47 bits per heavy atom. The molecule has 0 aliphatic carbocycles. The molecule has 0 spiro atoms. The SMILES string of the molecule is C[N+]1=C=[N+](c2cccc(Oc3ccc4c5ccccc5n(-c5ccccn5)c4c3)c2)C=C1. The molecule has 2 aromatic heterocycles. The minimum atomic E-state index is 0.770. The Morgan fingerprint density at radius 2 is 1.62 bits per heavy atom. The van der Waals surface area contributed by atoms with Gasteiger partial charge in [-0.1, -0.05) is 39.5 Å². The first-order chi connectivity index (χ1) is 15.8. The molecule has 3 heterocycles. The Kier molecular flexibility index (Phi) is 4.20. The van der Waals surface area contributed by atoms with Gasteiger partial charge in [-0.2, -0.15) is 0 Å². The van der Waals surface area contributed by atoms with Gasteiger partial charge in [0.15, 0.2) is 7.05 Å². The second-order valence-corrected chi connectivity index (χ2v) is 7.70. The van der Waals surface area contributed by atoms with Crippen molar-refractivity contribution in [3.63, 3.8) is 0 Å². The van der Waals surface area contributed by atoms with E-state index < -0.39 is 0 Å². The molecule has 6 rings (SSSR count). The maximum Gasteiger partial charge on any atom is 0.495 e. The van der Waals surface area contributed by atoms with E-state index in [1.54, 1.807) is 0 Å². The summed E-state index contributed by atoms with van der Waals surface area (Å²) in [5.41, 5.74) is 3.17. The van der Waals surface area contributed by atoms with Gasteiger partial charge in [0.25, 0.3) is 6.20 Å². The van der Waals surface area contributed by atoms with Crippen molar-refractivity contribution in [3.8, 4) is 17.3 Å². The van der Waals surface area contributed by atoms with Gasteiger partial charge < -0.3 is 4.74 Å². The molecular weight excluding hydrogens is 396 g/mol. The highest BCUT2D eigenvalue weighted by molar-refractivity contribution is 6.09. The number of hydrogen-bond donors (Lipinski definition) is 0. The van der Waals surface area contributed by atoms with E-state index >= 15 is 0 Å². The van der Waals surface area contributed by atoms with Crippen LogP contribution in [0.1, 0.15) is 0 Å². The molecule has 0 radical (unpaired) electrons. The molecule has 0 unspecified atom stereocenters. The van der Waals surface area contributed by atoms with Crippen molar-refractivity contribution >= 4 is 33.5 Å². The zero-order valence-electron chi connectivity index (χ0n) is 17.5. The summed E-state index contributed by atoms with van der Waals surface area (Å²) in [6, 6.07) is 31.8. The maximum absolute atomic E-state index is 6.27. The number of aromatic nitrogens is 2. The molecule has 3 aromatic carbocycles. The van der Waals surface area contributed by atoms with Gasteiger partial charge in [-0.05, 0) is 36.4 Å². The molecule has 1 aliphatic heterocycles. The van der Waals surface area contributed by atoms with E-state index in [9.17, 15) is 0 Å². The largest absolute Gasteiger partial charge is 0.495 e. The molecule has 5 aromatic rings. The molecule has 0 N–H and O–H groups in total. The summed E-state index contributed by atoms with van der Waals surface area (Å²) >= 11 is 0. The summed E-state index contributed by atoms with van der Waals surface area (Å²) in [6.45, 7) is 0. The van der Waals surface area contributed by atoms with Crippen molar-refractivity contribution in [1.82, 2.24) is 9.55 Å². The Labute approximate surface area is 185 Å². The van der Waals surface area contributed by atoms with Crippen molar-refractivity contribution in [2.75, 3.05) is 7.05 Å². The first-order valence-electron chi connectivity index (χ1n) is 10.5.